The van der Waals surface area contributed by atoms with Crippen LogP contribution in [0.4, 0.5) is 10.1 Å². The summed E-state index contributed by atoms with van der Waals surface area (Å²) >= 11 is 2.92. The van der Waals surface area contributed by atoms with E-state index in [9.17, 15) is 4.79 Å². The second-order valence-corrected chi connectivity index (χ2v) is 6.98. The lowest BCUT2D eigenvalue weighted by molar-refractivity contribution is 0.102. The topological polar surface area (TPSA) is 66.9 Å². The zero-order valence-electron chi connectivity index (χ0n) is 12.2. The van der Waals surface area contributed by atoms with E-state index < -0.39 is 0 Å². The van der Waals surface area contributed by atoms with Crippen molar-refractivity contribution in [3.05, 3.63) is 21.8 Å². The van der Waals surface area contributed by atoms with Gasteiger partial charge in [-0.05, 0) is 44.1 Å². The van der Waals surface area contributed by atoms with Gasteiger partial charge >= 0.3 is 0 Å². The number of carbonyl (C=O) groups is 1. The predicted octanol–water partition coefficient (Wildman–Crippen LogP) is 3.47. The largest absolute Gasteiger partial charge is 0.378 e. The summed E-state index contributed by atoms with van der Waals surface area (Å²) in [5.41, 5.74) is 2.54. The Kier molecular flexibility index (Phi) is 4.21. The molecule has 1 aliphatic carbocycles. The number of rotatable bonds is 3. The number of hydrogen-bond acceptors (Lipinski definition) is 6. The average molecular weight is 322 g/mol. The van der Waals surface area contributed by atoms with Gasteiger partial charge in [-0.1, -0.05) is 6.42 Å². The molecule has 1 aliphatic rings. The van der Waals surface area contributed by atoms with Gasteiger partial charge in [-0.25, -0.2) is 4.98 Å². The number of nitrogens with one attached hydrogen (secondary N) is 2. The molecule has 0 radical (unpaired) electrons. The number of aryl methyl sites for hydroxylation is 3. The highest BCUT2D eigenvalue weighted by atomic mass is 32.1. The molecule has 0 bridgehead atoms. The van der Waals surface area contributed by atoms with Gasteiger partial charge in [0.1, 0.15) is 5.00 Å². The van der Waals surface area contributed by atoms with Gasteiger partial charge in [0.25, 0.3) is 5.91 Å². The third-order valence-corrected chi connectivity index (χ3v) is 5.66. The van der Waals surface area contributed by atoms with Gasteiger partial charge in [0.05, 0.1) is 17.0 Å². The zero-order chi connectivity index (χ0) is 14.8. The molecule has 0 saturated carbocycles. The van der Waals surface area contributed by atoms with E-state index in [2.05, 4.69) is 20.0 Å². The molecule has 2 N–H and O–H groups in total. The Morgan fingerprint density at radius 1 is 1.24 bits per heavy atom. The van der Waals surface area contributed by atoms with Crippen LogP contribution in [0.1, 0.15) is 45.9 Å². The number of hydrogen-bond donors (Lipinski definition) is 2. The SMILES string of the molecule is CNc1snc(C)c1C(=O)Nc1nc2c(s1)CCCCC2. The number of anilines is 2. The Bertz CT molecular complexity index is 638. The minimum atomic E-state index is -0.130. The van der Waals surface area contributed by atoms with E-state index in [1.165, 1.54) is 41.4 Å². The molecule has 0 spiro atoms. The van der Waals surface area contributed by atoms with E-state index in [0.29, 0.717) is 10.7 Å². The summed E-state index contributed by atoms with van der Waals surface area (Å²) in [5, 5.41) is 7.45. The molecule has 0 fully saturated rings. The minimum absolute atomic E-state index is 0.130. The monoisotopic (exact) mass is 322 g/mol. The highest BCUT2D eigenvalue weighted by Crippen LogP contribution is 2.30. The van der Waals surface area contributed by atoms with E-state index in [0.717, 1.165) is 23.5 Å². The van der Waals surface area contributed by atoms with Gasteiger partial charge in [0.2, 0.25) is 0 Å². The minimum Gasteiger partial charge on any atom is -0.378 e. The molecule has 2 aromatic heterocycles. The first-order valence-corrected chi connectivity index (χ1v) is 8.72. The van der Waals surface area contributed by atoms with Gasteiger partial charge < -0.3 is 5.32 Å². The Morgan fingerprint density at radius 2 is 2.05 bits per heavy atom. The van der Waals surface area contributed by atoms with Crippen molar-refractivity contribution in [2.75, 3.05) is 17.7 Å². The van der Waals surface area contributed by atoms with E-state index in [1.807, 2.05) is 6.92 Å². The van der Waals surface area contributed by atoms with Crippen LogP contribution in [0, 0.1) is 6.92 Å². The molecule has 1 amide bonds. The third-order valence-electron chi connectivity index (χ3n) is 3.63. The highest BCUT2D eigenvalue weighted by molar-refractivity contribution is 7.16. The van der Waals surface area contributed by atoms with Crippen LogP contribution >= 0.6 is 22.9 Å². The fraction of sp³-hybridized carbons (Fsp3) is 0.500. The fourth-order valence-electron chi connectivity index (χ4n) is 2.55. The number of fused-ring (bicyclic) bond motifs is 1. The maximum Gasteiger partial charge on any atom is 0.262 e. The number of carbonyl (C=O) groups excluding carboxylic acids is 1. The standard InChI is InChI=1S/C14H18N4OS2/c1-8-11(13(15-2)21-18-8)12(19)17-14-16-9-6-4-3-5-7-10(9)20-14/h15H,3-7H2,1-2H3,(H,16,17,19). The van der Waals surface area contributed by atoms with E-state index in [-0.39, 0.29) is 5.91 Å². The van der Waals surface area contributed by atoms with Crippen molar-refractivity contribution in [1.82, 2.24) is 9.36 Å². The summed E-state index contributed by atoms with van der Waals surface area (Å²) < 4.78 is 4.23. The number of thiazole rings is 1. The molecule has 2 heterocycles. The van der Waals surface area contributed by atoms with Crippen LogP contribution in [0.25, 0.3) is 0 Å². The summed E-state index contributed by atoms with van der Waals surface area (Å²) in [4.78, 5) is 18.4. The summed E-state index contributed by atoms with van der Waals surface area (Å²) in [6, 6.07) is 0. The van der Waals surface area contributed by atoms with Gasteiger partial charge in [-0.3, -0.25) is 10.1 Å². The number of aromatic nitrogens is 2. The van der Waals surface area contributed by atoms with Crippen LogP contribution in [0.15, 0.2) is 0 Å². The number of nitrogens with zero attached hydrogens (tertiary/aromatic N) is 2. The van der Waals surface area contributed by atoms with E-state index >= 15 is 0 Å². The lowest BCUT2D eigenvalue weighted by Crippen LogP contribution is -2.13. The van der Waals surface area contributed by atoms with Crippen molar-refractivity contribution in [3.8, 4) is 0 Å². The molecule has 7 heteroatoms. The highest BCUT2D eigenvalue weighted by Gasteiger charge is 2.20. The Hall–Kier alpha value is -1.47. The van der Waals surface area contributed by atoms with Crippen LogP contribution < -0.4 is 10.6 Å². The molecule has 112 valence electrons. The predicted molar refractivity (Wildman–Crippen MR) is 87.7 cm³/mol. The molecule has 5 nitrogen and oxygen atoms in total. The van der Waals surface area contributed by atoms with Crippen molar-refractivity contribution in [1.29, 1.82) is 0 Å². The zero-order valence-corrected chi connectivity index (χ0v) is 13.8. The summed E-state index contributed by atoms with van der Waals surface area (Å²) in [7, 11) is 1.80. The molecule has 21 heavy (non-hydrogen) atoms. The quantitative estimate of drug-likeness (QED) is 0.849. The second kappa shape index (κ2) is 6.11. The molecule has 0 atom stereocenters. The first kappa shape index (κ1) is 14.5. The van der Waals surface area contributed by atoms with Crippen molar-refractivity contribution in [3.63, 3.8) is 0 Å². The number of amides is 1. The maximum absolute atomic E-state index is 12.4. The van der Waals surface area contributed by atoms with E-state index in [1.54, 1.807) is 18.4 Å². The Balaban J connectivity index is 1.80. The molecule has 2 aromatic rings. The van der Waals surface area contributed by atoms with Crippen molar-refractivity contribution in [2.24, 2.45) is 0 Å². The molecular formula is C14H18N4OS2. The Morgan fingerprint density at radius 3 is 2.86 bits per heavy atom. The first-order valence-electron chi connectivity index (χ1n) is 7.13. The average Bonchev–Trinajstić information content (AvgIpc) is 2.95. The van der Waals surface area contributed by atoms with Crippen LogP contribution in [-0.4, -0.2) is 22.3 Å². The van der Waals surface area contributed by atoms with Crippen molar-refractivity contribution >= 4 is 38.9 Å². The van der Waals surface area contributed by atoms with Crippen LogP contribution in [0.3, 0.4) is 0 Å². The van der Waals surface area contributed by atoms with Gasteiger partial charge in [-0.15, -0.1) is 11.3 Å². The van der Waals surface area contributed by atoms with Gasteiger partial charge in [0.15, 0.2) is 5.13 Å². The van der Waals surface area contributed by atoms with Gasteiger partial charge in [0, 0.05) is 11.9 Å². The fourth-order valence-corrected chi connectivity index (χ4v) is 4.34. The van der Waals surface area contributed by atoms with Crippen LogP contribution in [0.2, 0.25) is 0 Å². The smallest absolute Gasteiger partial charge is 0.262 e. The van der Waals surface area contributed by atoms with Crippen molar-refractivity contribution < 1.29 is 4.79 Å². The van der Waals surface area contributed by atoms with Gasteiger partial charge in [-0.2, -0.15) is 4.37 Å². The lowest BCUT2D eigenvalue weighted by Gasteiger charge is -2.03. The molecule has 3 rings (SSSR count). The third kappa shape index (κ3) is 2.94. The normalized spacial score (nSPS) is 14.4. The summed E-state index contributed by atoms with van der Waals surface area (Å²) in [6.07, 6.45) is 5.81. The summed E-state index contributed by atoms with van der Waals surface area (Å²) in [6.45, 7) is 1.85. The van der Waals surface area contributed by atoms with Crippen molar-refractivity contribution in [2.45, 2.75) is 39.0 Å². The molecule has 0 aromatic carbocycles. The Labute approximate surface area is 132 Å². The summed E-state index contributed by atoms with van der Waals surface area (Å²) in [5.74, 6) is -0.130. The molecular weight excluding hydrogens is 304 g/mol. The molecule has 0 aliphatic heterocycles. The molecule has 0 unspecified atom stereocenters. The maximum atomic E-state index is 12.4. The molecule has 0 saturated heterocycles. The van der Waals surface area contributed by atoms with E-state index in [4.69, 9.17) is 0 Å². The van der Waals surface area contributed by atoms with Crippen LogP contribution in [0.5, 0.6) is 0 Å². The first-order chi connectivity index (χ1) is 10.2. The van der Waals surface area contributed by atoms with Crippen LogP contribution in [-0.2, 0) is 12.8 Å². The second-order valence-electron chi connectivity index (χ2n) is 5.13. The lowest BCUT2D eigenvalue weighted by atomic mass is 10.2.